The number of hydrogen-bond donors (Lipinski definition) is 0. The van der Waals surface area contributed by atoms with Crippen molar-refractivity contribution in [2.24, 2.45) is 11.8 Å². The third-order valence-electron chi connectivity index (χ3n) is 20.1. The van der Waals surface area contributed by atoms with E-state index in [1.165, 1.54) is 149 Å². The molecule has 0 amide bonds. The number of benzene rings is 14. The van der Waals surface area contributed by atoms with Gasteiger partial charge >= 0.3 is 0 Å². The molecule has 14 aromatic carbocycles. The van der Waals surface area contributed by atoms with Gasteiger partial charge in [0, 0.05) is 11.8 Å². The Kier molecular flexibility index (Phi) is 15.2. The quantitative estimate of drug-likeness (QED) is 0.128. The van der Waals surface area contributed by atoms with Crippen LogP contribution >= 0.6 is 0 Å². The predicted molar refractivity (Wildman–Crippen MR) is 409 cm³/mol. The van der Waals surface area contributed by atoms with Gasteiger partial charge in [-0.05, 0) is 227 Å². The van der Waals surface area contributed by atoms with Crippen LogP contribution in [0.2, 0.25) is 0 Å². The van der Waals surface area contributed by atoms with Gasteiger partial charge in [-0.15, -0.1) is 0 Å². The molecule has 456 valence electrons. The Morgan fingerprint density at radius 2 is 0.602 bits per heavy atom. The van der Waals surface area contributed by atoms with Gasteiger partial charge in [0.15, 0.2) is 0 Å². The molecular formula is C96H62N2. The first-order valence-corrected chi connectivity index (χ1v) is 33.5. The van der Waals surface area contributed by atoms with Gasteiger partial charge in [0.1, 0.15) is 0 Å². The average Bonchev–Trinajstić information content (AvgIpc) is 0.735. The Bertz CT molecular complexity index is 5810. The number of allylic oxidation sites excluding steroid dienone is 14. The van der Waals surface area contributed by atoms with E-state index in [1.54, 1.807) is 0 Å². The number of nitriles is 2. The summed E-state index contributed by atoms with van der Waals surface area (Å²) in [6.07, 6.45) is 18.4. The standard InChI is InChI=1S/C49H31N.C47H31N/c50-32-33-18-20-35(21-19-33)39-23-26-45-46-27-24-40(31-49(46)44-17-8-7-16-43(44)48(45)30-39)37-14-9-15-41(28-37)42-25-22-38(34-10-3-1-4-11-34)29-47(42)36-12-5-2-6-13-36;48-30-31-14-16-34(17-15-31)40-23-18-35-21-27-44-41(24-19-36-20-26-43(40)46(35)47(36)44)38-12-7-13-39(28-38)42-25-22-37(32-8-3-1-4-9-32)29-45(42)33-10-5-2-6-11-33/h1-31H;1-29,46-47H. The highest BCUT2D eigenvalue weighted by Gasteiger charge is 2.40. The molecule has 0 spiro atoms. The Morgan fingerprint density at radius 1 is 0.224 bits per heavy atom. The van der Waals surface area contributed by atoms with Crippen LogP contribution in [-0.2, 0) is 0 Å². The highest BCUT2D eigenvalue weighted by Crippen LogP contribution is 2.54. The van der Waals surface area contributed by atoms with Crippen molar-refractivity contribution < 1.29 is 0 Å². The summed E-state index contributed by atoms with van der Waals surface area (Å²) in [7, 11) is 0. The fourth-order valence-corrected chi connectivity index (χ4v) is 15.2. The lowest BCUT2D eigenvalue weighted by Gasteiger charge is -2.42. The van der Waals surface area contributed by atoms with Crippen molar-refractivity contribution in [3.8, 4) is 101 Å². The predicted octanol–water partition coefficient (Wildman–Crippen LogP) is 24.9. The number of fused-ring (bicyclic) bond motifs is 6. The van der Waals surface area contributed by atoms with Gasteiger partial charge in [-0.2, -0.15) is 10.5 Å². The number of hydrogen-bond acceptors (Lipinski definition) is 2. The number of nitrogens with zero attached hydrogens (tertiary/aromatic N) is 2. The van der Waals surface area contributed by atoms with Crippen LogP contribution in [0.4, 0.5) is 0 Å². The molecule has 2 unspecified atom stereocenters. The van der Waals surface area contributed by atoms with Gasteiger partial charge in [-0.1, -0.05) is 303 Å². The van der Waals surface area contributed by atoms with Crippen LogP contribution in [0.3, 0.4) is 0 Å². The molecule has 0 fully saturated rings. The van der Waals surface area contributed by atoms with Gasteiger partial charge in [-0.25, -0.2) is 0 Å². The van der Waals surface area contributed by atoms with Gasteiger partial charge in [0.25, 0.3) is 0 Å². The molecule has 98 heavy (non-hydrogen) atoms. The van der Waals surface area contributed by atoms with E-state index in [0.29, 0.717) is 11.1 Å². The molecule has 4 aliphatic carbocycles. The maximum Gasteiger partial charge on any atom is 0.0991 e. The van der Waals surface area contributed by atoms with Crippen LogP contribution in [-0.4, -0.2) is 0 Å². The second-order valence-electron chi connectivity index (χ2n) is 25.6. The van der Waals surface area contributed by atoms with Crippen LogP contribution in [0.25, 0.3) is 132 Å². The second kappa shape index (κ2) is 25.4. The normalized spacial score (nSPS) is 14.8. The van der Waals surface area contributed by atoms with Crippen molar-refractivity contribution in [3.05, 3.63) is 409 Å². The molecule has 14 aromatic rings. The molecular weight excluding hydrogens is 1180 g/mol. The zero-order chi connectivity index (χ0) is 65.5. The summed E-state index contributed by atoms with van der Waals surface area (Å²) in [6, 6.07) is 117. The van der Waals surface area contributed by atoms with Crippen LogP contribution < -0.4 is 0 Å². The van der Waals surface area contributed by atoms with Crippen molar-refractivity contribution in [3.63, 3.8) is 0 Å². The van der Waals surface area contributed by atoms with E-state index < -0.39 is 0 Å². The van der Waals surface area contributed by atoms with Crippen LogP contribution in [0, 0.1) is 34.5 Å². The van der Waals surface area contributed by atoms with E-state index in [-0.39, 0.29) is 11.8 Å². The molecule has 2 heteroatoms. The summed E-state index contributed by atoms with van der Waals surface area (Å²) in [6.45, 7) is 0. The monoisotopic (exact) mass is 1240 g/mol. The van der Waals surface area contributed by atoms with E-state index >= 15 is 0 Å². The maximum absolute atomic E-state index is 9.34. The smallest absolute Gasteiger partial charge is 0.0991 e. The van der Waals surface area contributed by atoms with E-state index in [1.807, 2.05) is 36.4 Å². The van der Waals surface area contributed by atoms with Crippen LogP contribution in [0.1, 0.15) is 22.3 Å². The summed E-state index contributed by atoms with van der Waals surface area (Å²) in [5.41, 5.74) is 30.9. The molecule has 0 saturated carbocycles. The fraction of sp³-hybridized carbons (Fsp3) is 0.0208. The summed E-state index contributed by atoms with van der Waals surface area (Å²) < 4.78 is 0. The summed E-state index contributed by atoms with van der Waals surface area (Å²) in [4.78, 5) is 0. The summed E-state index contributed by atoms with van der Waals surface area (Å²) >= 11 is 0. The first kappa shape index (κ1) is 58.8. The second-order valence-corrected chi connectivity index (χ2v) is 25.6. The molecule has 2 atom stereocenters. The minimum atomic E-state index is 0.261. The van der Waals surface area contributed by atoms with E-state index in [2.05, 4.69) is 340 Å². The van der Waals surface area contributed by atoms with Crippen LogP contribution in [0.5, 0.6) is 0 Å². The Labute approximate surface area is 572 Å². The zero-order valence-corrected chi connectivity index (χ0v) is 53.7. The molecule has 0 N–H and O–H groups in total. The molecule has 18 rings (SSSR count). The van der Waals surface area contributed by atoms with E-state index in [4.69, 9.17) is 0 Å². The molecule has 2 nitrogen and oxygen atoms in total. The van der Waals surface area contributed by atoms with Crippen molar-refractivity contribution in [1.29, 1.82) is 10.5 Å². The zero-order valence-electron chi connectivity index (χ0n) is 53.7. The van der Waals surface area contributed by atoms with Gasteiger partial charge < -0.3 is 0 Å². The molecule has 0 heterocycles. The molecule has 4 aliphatic rings. The average molecular weight is 1240 g/mol. The molecule has 0 saturated heterocycles. The Hall–Kier alpha value is -13.0. The van der Waals surface area contributed by atoms with Gasteiger partial charge in [0.05, 0.1) is 23.3 Å². The minimum Gasteiger partial charge on any atom is -0.192 e. The SMILES string of the molecule is N#Cc1ccc(-c2ccc3c4ccc(-c5cccc(-c6ccc(-c7ccccc7)cc6-c6ccccc6)c5)cc4c4ccccc4c3c2)cc1.N#Cc1ccc(C2=C3C=CC4=CC=C(c5cccc(-c6ccc(-c7ccccc7)cc6-c6ccccc6)c5)C5=CC=C(C=C2)C3C45)cc1. The fourth-order valence-electron chi connectivity index (χ4n) is 15.2. The first-order chi connectivity index (χ1) is 48.5. The summed E-state index contributed by atoms with van der Waals surface area (Å²) in [5, 5.41) is 26.0. The lowest BCUT2D eigenvalue weighted by molar-refractivity contribution is 0.569. The molecule has 0 bridgehead atoms. The third kappa shape index (κ3) is 10.9. The van der Waals surface area contributed by atoms with Gasteiger partial charge in [0.2, 0.25) is 0 Å². The number of rotatable bonds is 10. The largest absolute Gasteiger partial charge is 0.192 e. The highest BCUT2D eigenvalue weighted by atomic mass is 14.4. The lowest BCUT2D eigenvalue weighted by Crippen LogP contribution is -2.30. The van der Waals surface area contributed by atoms with Crippen LogP contribution in [0.15, 0.2) is 386 Å². The molecule has 0 radical (unpaired) electrons. The maximum atomic E-state index is 9.34. The topological polar surface area (TPSA) is 47.6 Å². The Morgan fingerprint density at radius 3 is 1.14 bits per heavy atom. The van der Waals surface area contributed by atoms with Crippen molar-refractivity contribution in [2.45, 2.75) is 0 Å². The van der Waals surface area contributed by atoms with Crippen molar-refractivity contribution in [1.82, 2.24) is 0 Å². The molecule has 0 aromatic heterocycles. The van der Waals surface area contributed by atoms with E-state index in [9.17, 15) is 10.5 Å². The minimum absolute atomic E-state index is 0.261. The molecule has 0 aliphatic heterocycles. The van der Waals surface area contributed by atoms with Crippen molar-refractivity contribution in [2.75, 3.05) is 0 Å². The van der Waals surface area contributed by atoms with E-state index in [0.717, 1.165) is 16.7 Å². The highest BCUT2D eigenvalue weighted by molar-refractivity contribution is 6.26. The Balaban J connectivity index is 0.000000147. The van der Waals surface area contributed by atoms with Gasteiger partial charge in [-0.3, -0.25) is 0 Å². The third-order valence-corrected chi connectivity index (χ3v) is 20.1. The summed E-state index contributed by atoms with van der Waals surface area (Å²) in [5.74, 6) is 0.524. The first-order valence-electron chi connectivity index (χ1n) is 33.5. The lowest BCUT2D eigenvalue weighted by atomic mass is 9.61. The van der Waals surface area contributed by atoms with Crippen molar-refractivity contribution >= 4 is 43.5 Å².